The van der Waals surface area contributed by atoms with Gasteiger partial charge in [0.2, 0.25) is 0 Å². The number of H-pyrrole nitrogens is 1. The van der Waals surface area contributed by atoms with Crippen molar-refractivity contribution in [1.29, 1.82) is 0 Å². The Balaban J connectivity index is 1.92. The smallest absolute Gasteiger partial charge is 0.132 e. The van der Waals surface area contributed by atoms with Crippen LogP contribution in [0.2, 0.25) is 0 Å². The fourth-order valence-corrected chi connectivity index (χ4v) is 2.27. The van der Waals surface area contributed by atoms with Crippen molar-refractivity contribution in [3.8, 4) is 17.0 Å². The van der Waals surface area contributed by atoms with Gasteiger partial charge in [0.15, 0.2) is 0 Å². The number of hydrogen-bond donors (Lipinski definition) is 2. The second-order valence-electron chi connectivity index (χ2n) is 4.79. The van der Waals surface area contributed by atoms with Gasteiger partial charge in [-0.25, -0.2) is 4.98 Å². The zero-order valence-corrected chi connectivity index (χ0v) is 12.4. The van der Waals surface area contributed by atoms with E-state index in [-0.39, 0.29) is 0 Å². The van der Waals surface area contributed by atoms with E-state index < -0.39 is 0 Å². The van der Waals surface area contributed by atoms with Gasteiger partial charge in [0.25, 0.3) is 0 Å². The van der Waals surface area contributed by atoms with Gasteiger partial charge in [-0.05, 0) is 25.1 Å². The first kappa shape index (κ1) is 14.3. The molecular formula is C16H18N4O2. The molecule has 0 saturated heterocycles. The van der Waals surface area contributed by atoms with Crippen molar-refractivity contribution >= 4 is 16.7 Å². The first-order valence-electron chi connectivity index (χ1n) is 7.18. The number of benzene rings is 1. The predicted molar refractivity (Wildman–Crippen MR) is 85.7 cm³/mol. The highest BCUT2D eigenvalue weighted by Gasteiger charge is 2.08. The fraction of sp³-hybridized carbons (Fsp3) is 0.250. The summed E-state index contributed by atoms with van der Waals surface area (Å²) in [5.41, 5.74) is 8.61. The lowest BCUT2D eigenvalue weighted by atomic mass is 10.1. The molecule has 0 aliphatic rings. The van der Waals surface area contributed by atoms with Gasteiger partial charge in [-0.1, -0.05) is 6.07 Å². The van der Waals surface area contributed by atoms with Crippen molar-refractivity contribution in [2.24, 2.45) is 0 Å². The predicted octanol–water partition coefficient (Wildman–Crippen LogP) is 2.62. The molecule has 6 heteroatoms. The molecule has 6 nitrogen and oxygen atoms in total. The molecule has 0 amide bonds. The van der Waals surface area contributed by atoms with Gasteiger partial charge in [0.1, 0.15) is 18.2 Å². The number of fused-ring (bicyclic) bond motifs is 1. The Hall–Kier alpha value is -2.60. The lowest BCUT2D eigenvalue weighted by molar-refractivity contribution is 0.111. The Bertz CT molecular complexity index is 756. The summed E-state index contributed by atoms with van der Waals surface area (Å²) in [7, 11) is 0. The third-order valence-electron chi connectivity index (χ3n) is 3.29. The van der Waals surface area contributed by atoms with E-state index in [4.69, 9.17) is 15.2 Å². The zero-order chi connectivity index (χ0) is 15.4. The van der Waals surface area contributed by atoms with Crippen LogP contribution in [0.25, 0.3) is 22.2 Å². The third kappa shape index (κ3) is 3.01. The quantitative estimate of drug-likeness (QED) is 0.683. The number of aromatic amines is 1. The minimum absolute atomic E-state index is 0.431. The van der Waals surface area contributed by atoms with Crippen molar-refractivity contribution in [2.45, 2.75) is 6.92 Å². The van der Waals surface area contributed by atoms with E-state index in [9.17, 15) is 0 Å². The van der Waals surface area contributed by atoms with E-state index in [1.807, 2.05) is 31.2 Å². The van der Waals surface area contributed by atoms with Crippen LogP contribution in [0.5, 0.6) is 5.75 Å². The van der Waals surface area contributed by atoms with Gasteiger partial charge < -0.3 is 15.2 Å². The van der Waals surface area contributed by atoms with Crippen molar-refractivity contribution in [3.63, 3.8) is 0 Å². The summed E-state index contributed by atoms with van der Waals surface area (Å²) in [6.07, 6.45) is 1.72. The Morgan fingerprint density at radius 3 is 2.86 bits per heavy atom. The molecule has 0 spiro atoms. The van der Waals surface area contributed by atoms with Gasteiger partial charge in [-0.2, -0.15) is 5.10 Å². The normalized spacial score (nSPS) is 11.0. The van der Waals surface area contributed by atoms with Crippen LogP contribution in [0.15, 0.2) is 36.5 Å². The third-order valence-corrected chi connectivity index (χ3v) is 3.29. The van der Waals surface area contributed by atoms with Crippen molar-refractivity contribution in [3.05, 3.63) is 36.5 Å². The Morgan fingerprint density at radius 2 is 2.09 bits per heavy atom. The molecule has 1 aromatic carbocycles. The van der Waals surface area contributed by atoms with E-state index in [0.717, 1.165) is 27.9 Å². The number of nitrogens with one attached hydrogen (secondary N) is 1. The van der Waals surface area contributed by atoms with Crippen LogP contribution in [-0.4, -0.2) is 35.0 Å². The van der Waals surface area contributed by atoms with Gasteiger partial charge in [0.05, 0.1) is 17.8 Å². The first-order chi connectivity index (χ1) is 10.8. The van der Waals surface area contributed by atoms with Gasteiger partial charge >= 0.3 is 0 Å². The lowest BCUT2D eigenvalue weighted by Gasteiger charge is -2.11. The highest BCUT2D eigenvalue weighted by atomic mass is 16.5. The minimum atomic E-state index is 0.431. The van der Waals surface area contributed by atoms with Crippen LogP contribution in [0.1, 0.15) is 6.92 Å². The van der Waals surface area contributed by atoms with E-state index in [1.54, 1.807) is 12.3 Å². The van der Waals surface area contributed by atoms with E-state index >= 15 is 0 Å². The maximum Gasteiger partial charge on any atom is 0.132 e. The maximum absolute atomic E-state index is 5.88. The summed E-state index contributed by atoms with van der Waals surface area (Å²) >= 11 is 0. The van der Waals surface area contributed by atoms with Crippen molar-refractivity contribution in [1.82, 2.24) is 15.2 Å². The number of nitrogen functional groups attached to an aromatic ring is 1. The molecule has 0 atom stereocenters. The topological polar surface area (TPSA) is 86.1 Å². The average Bonchev–Trinajstić information content (AvgIpc) is 3.05. The monoisotopic (exact) mass is 298 g/mol. The summed E-state index contributed by atoms with van der Waals surface area (Å²) in [5, 5.41) is 7.83. The number of nitrogens with two attached hydrogens (primary N) is 1. The number of aromatic nitrogens is 3. The molecule has 3 aromatic rings. The number of ether oxygens (including phenoxy) is 2. The SMILES string of the molecule is CCOCCOc1cc(N)nc2cc(-c3ccn[nH]3)ccc12. The fourth-order valence-electron chi connectivity index (χ4n) is 2.27. The first-order valence-corrected chi connectivity index (χ1v) is 7.18. The molecule has 0 unspecified atom stereocenters. The van der Waals surface area contributed by atoms with Crippen LogP contribution in [0.3, 0.4) is 0 Å². The second kappa shape index (κ2) is 6.44. The molecule has 0 aliphatic heterocycles. The van der Waals surface area contributed by atoms with Crippen LogP contribution >= 0.6 is 0 Å². The van der Waals surface area contributed by atoms with Crippen molar-refractivity contribution in [2.75, 3.05) is 25.6 Å². The molecular weight excluding hydrogens is 280 g/mol. The molecule has 0 saturated carbocycles. The van der Waals surface area contributed by atoms with Crippen LogP contribution in [-0.2, 0) is 4.74 Å². The molecule has 22 heavy (non-hydrogen) atoms. The van der Waals surface area contributed by atoms with E-state index in [0.29, 0.717) is 25.6 Å². The molecule has 2 aromatic heterocycles. The molecule has 3 rings (SSSR count). The molecule has 0 aliphatic carbocycles. The van der Waals surface area contributed by atoms with E-state index in [2.05, 4.69) is 15.2 Å². The molecule has 3 N–H and O–H groups in total. The molecule has 0 fully saturated rings. The number of pyridine rings is 1. The standard InChI is InChI=1S/C16H18N4O2/c1-2-21-7-8-22-15-10-16(17)19-14-9-11(3-4-12(14)15)13-5-6-18-20-13/h3-6,9-10H,2,7-8H2,1H3,(H2,17,19)(H,18,20). The summed E-state index contributed by atoms with van der Waals surface area (Å²) in [6, 6.07) is 9.60. The molecule has 0 bridgehead atoms. The van der Waals surface area contributed by atoms with Gasteiger partial charge in [-0.3, -0.25) is 5.10 Å². The minimum Gasteiger partial charge on any atom is -0.490 e. The summed E-state index contributed by atoms with van der Waals surface area (Å²) < 4.78 is 11.1. The van der Waals surface area contributed by atoms with Crippen LogP contribution in [0, 0.1) is 0 Å². The number of anilines is 1. The number of rotatable bonds is 6. The average molecular weight is 298 g/mol. The van der Waals surface area contributed by atoms with Gasteiger partial charge in [-0.15, -0.1) is 0 Å². The summed E-state index contributed by atoms with van der Waals surface area (Å²) in [5.74, 6) is 1.15. The van der Waals surface area contributed by atoms with E-state index in [1.165, 1.54) is 0 Å². The molecule has 114 valence electrons. The van der Waals surface area contributed by atoms with Crippen LogP contribution in [0.4, 0.5) is 5.82 Å². The summed E-state index contributed by atoms with van der Waals surface area (Å²) in [6.45, 7) is 3.66. The van der Waals surface area contributed by atoms with Gasteiger partial charge in [0, 0.05) is 29.8 Å². The number of hydrogen-bond acceptors (Lipinski definition) is 5. The Kier molecular flexibility index (Phi) is 4.20. The second-order valence-corrected chi connectivity index (χ2v) is 4.79. The van der Waals surface area contributed by atoms with Crippen molar-refractivity contribution < 1.29 is 9.47 Å². The van der Waals surface area contributed by atoms with Crippen LogP contribution < -0.4 is 10.5 Å². The highest BCUT2D eigenvalue weighted by Crippen LogP contribution is 2.29. The largest absolute Gasteiger partial charge is 0.490 e. The lowest BCUT2D eigenvalue weighted by Crippen LogP contribution is -2.07. The Labute approximate surface area is 128 Å². The number of nitrogens with zero attached hydrogens (tertiary/aromatic N) is 2. The molecule has 0 radical (unpaired) electrons. The molecule has 2 heterocycles. The Morgan fingerprint density at radius 1 is 1.18 bits per heavy atom. The summed E-state index contributed by atoms with van der Waals surface area (Å²) in [4.78, 5) is 4.38. The highest BCUT2D eigenvalue weighted by molar-refractivity contribution is 5.89. The zero-order valence-electron chi connectivity index (χ0n) is 12.4. The maximum atomic E-state index is 5.88.